The predicted molar refractivity (Wildman–Crippen MR) is 72.3 cm³/mol. The Morgan fingerprint density at radius 3 is 2.53 bits per heavy atom. The zero-order chi connectivity index (χ0) is 11.7. The lowest BCUT2D eigenvalue weighted by atomic mass is 9.76. The van der Waals surface area contributed by atoms with E-state index in [2.05, 4.69) is 48.7 Å². The fraction of sp³-hybridized carbons (Fsp3) is 0.500. The monoisotopic (exact) mass is 227 g/mol. The van der Waals surface area contributed by atoms with Crippen molar-refractivity contribution in [3.05, 3.63) is 47.5 Å². The van der Waals surface area contributed by atoms with E-state index in [0.717, 1.165) is 12.6 Å². The highest BCUT2D eigenvalue weighted by Crippen LogP contribution is 2.38. The minimum atomic E-state index is 0.327. The molecule has 17 heavy (non-hydrogen) atoms. The van der Waals surface area contributed by atoms with E-state index in [9.17, 15) is 0 Å². The van der Waals surface area contributed by atoms with E-state index in [-0.39, 0.29) is 0 Å². The fourth-order valence-electron chi connectivity index (χ4n) is 2.96. The summed E-state index contributed by atoms with van der Waals surface area (Å²) in [6.45, 7) is 3.38. The number of benzene rings is 1. The lowest BCUT2D eigenvalue weighted by Gasteiger charge is -2.31. The van der Waals surface area contributed by atoms with E-state index in [4.69, 9.17) is 0 Å². The Bertz CT molecular complexity index is 421. The number of nitrogens with one attached hydrogen (secondary N) is 1. The number of allylic oxidation sites excluding steroid dienone is 2. The van der Waals surface area contributed by atoms with E-state index in [1.54, 1.807) is 0 Å². The van der Waals surface area contributed by atoms with Crippen LogP contribution in [0.4, 0.5) is 0 Å². The number of aryl methyl sites for hydroxylation is 1. The van der Waals surface area contributed by atoms with Gasteiger partial charge < -0.3 is 5.32 Å². The Hall–Kier alpha value is -1.08. The molecule has 1 heteroatoms. The molecule has 1 saturated carbocycles. The van der Waals surface area contributed by atoms with E-state index in [1.807, 2.05) is 0 Å². The second kappa shape index (κ2) is 4.30. The first-order valence-corrected chi connectivity index (χ1v) is 6.75. The van der Waals surface area contributed by atoms with Crippen molar-refractivity contribution in [3.63, 3.8) is 0 Å². The molecule has 0 saturated heterocycles. The third-order valence-corrected chi connectivity index (χ3v) is 4.21. The molecule has 0 aliphatic heterocycles. The zero-order valence-electron chi connectivity index (χ0n) is 10.6. The van der Waals surface area contributed by atoms with Crippen molar-refractivity contribution in [2.24, 2.45) is 0 Å². The average Bonchev–Trinajstić information content (AvgIpc) is 3.06. The Morgan fingerprint density at radius 2 is 1.88 bits per heavy atom. The van der Waals surface area contributed by atoms with Gasteiger partial charge in [-0.05, 0) is 43.7 Å². The summed E-state index contributed by atoms with van der Waals surface area (Å²) in [5.41, 5.74) is 3.31. The molecular weight excluding hydrogens is 206 g/mol. The summed E-state index contributed by atoms with van der Waals surface area (Å²) >= 11 is 0. The van der Waals surface area contributed by atoms with Gasteiger partial charge in [-0.15, -0.1) is 0 Å². The molecule has 2 aliphatic carbocycles. The first-order chi connectivity index (χ1) is 8.30. The molecule has 0 bridgehead atoms. The maximum absolute atomic E-state index is 3.73. The summed E-state index contributed by atoms with van der Waals surface area (Å²) in [6.07, 6.45) is 9.83. The molecule has 90 valence electrons. The van der Waals surface area contributed by atoms with Crippen LogP contribution in [0, 0.1) is 6.92 Å². The zero-order valence-corrected chi connectivity index (χ0v) is 10.6. The Morgan fingerprint density at radius 1 is 1.18 bits per heavy atom. The van der Waals surface area contributed by atoms with Crippen molar-refractivity contribution in [1.82, 2.24) is 5.32 Å². The van der Waals surface area contributed by atoms with Crippen molar-refractivity contribution in [2.75, 3.05) is 6.54 Å². The first kappa shape index (κ1) is 11.0. The van der Waals surface area contributed by atoms with Gasteiger partial charge in [0.25, 0.3) is 0 Å². The smallest absolute Gasteiger partial charge is 0.0149 e. The summed E-state index contributed by atoms with van der Waals surface area (Å²) in [5.74, 6) is 0. The minimum absolute atomic E-state index is 0.327. The van der Waals surface area contributed by atoms with Crippen LogP contribution in [0.25, 0.3) is 0 Å². The van der Waals surface area contributed by atoms with Gasteiger partial charge in [-0.1, -0.05) is 36.4 Å². The van der Waals surface area contributed by atoms with Gasteiger partial charge in [0, 0.05) is 18.0 Å². The van der Waals surface area contributed by atoms with Crippen LogP contribution in [0.3, 0.4) is 0 Å². The number of hydrogen-bond donors (Lipinski definition) is 1. The van der Waals surface area contributed by atoms with Gasteiger partial charge in [0.2, 0.25) is 0 Å². The van der Waals surface area contributed by atoms with E-state index in [0.29, 0.717) is 5.41 Å². The van der Waals surface area contributed by atoms with Gasteiger partial charge in [-0.25, -0.2) is 0 Å². The van der Waals surface area contributed by atoms with Crippen LogP contribution in [-0.2, 0) is 5.41 Å². The van der Waals surface area contributed by atoms with Crippen LogP contribution in [0.5, 0.6) is 0 Å². The van der Waals surface area contributed by atoms with E-state index >= 15 is 0 Å². The summed E-state index contributed by atoms with van der Waals surface area (Å²) < 4.78 is 0. The Labute approximate surface area is 104 Å². The molecule has 1 nitrogen and oxygen atoms in total. The summed E-state index contributed by atoms with van der Waals surface area (Å²) in [7, 11) is 0. The maximum atomic E-state index is 3.73. The van der Waals surface area contributed by atoms with Crippen molar-refractivity contribution in [2.45, 2.75) is 44.1 Å². The molecular formula is C16H21N. The topological polar surface area (TPSA) is 12.0 Å². The second-order valence-electron chi connectivity index (χ2n) is 5.63. The summed E-state index contributed by atoms with van der Waals surface area (Å²) in [6, 6.07) is 9.68. The SMILES string of the molecule is Cc1ccccc1C1(CNC2CC2)CC=CC1. The molecule has 0 aromatic heterocycles. The van der Waals surface area contributed by atoms with Gasteiger partial charge in [0.05, 0.1) is 0 Å². The number of rotatable bonds is 4. The lowest BCUT2D eigenvalue weighted by molar-refractivity contribution is 0.415. The molecule has 1 aromatic rings. The van der Waals surface area contributed by atoms with E-state index < -0.39 is 0 Å². The summed E-state index contributed by atoms with van der Waals surface area (Å²) in [5, 5.41) is 3.73. The largest absolute Gasteiger partial charge is 0.313 e. The molecule has 1 fully saturated rings. The molecule has 1 N–H and O–H groups in total. The summed E-state index contributed by atoms with van der Waals surface area (Å²) in [4.78, 5) is 0. The molecule has 0 amide bonds. The van der Waals surface area contributed by atoms with Crippen LogP contribution in [0.15, 0.2) is 36.4 Å². The highest BCUT2D eigenvalue weighted by Gasteiger charge is 2.35. The lowest BCUT2D eigenvalue weighted by Crippen LogP contribution is -2.37. The van der Waals surface area contributed by atoms with Gasteiger partial charge in [-0.3, -0.25) is 0 Å². The van der Waals surface area contributed by atoms with Crippen LogP contribution >= 0.6 is 0 Å². The van der Waals surface area contributed by atoms with Crippen LogP contribution in [0.1, 0.15) is 36.8 Å². The molecule has 2 aliphatic rings. The second-order valence-corrected chi connectivity index (χ2v) is 5.63. The van der Waals surface area contributed by atoms with Gasteiger partial charge >= 0.3 is 0 Å². The van der Waals surface area contributed by atoms with Crippen molar-refractivity contribution in [3.8, 4) is 0 Å². The van der Waals surface area contributed by atoms with Gasteiger partial charge in [0.1, 0.15) is 0 Å². The van der Waals surface area contributed by atoms with Crippen molar-refractivity contribution in [1.29, 1.82) is 0 Å². The predicted octanol–water partition coefficient (Wildman–Crippen LogP) is 3.33. The first-order valence-electron chi connectivity index (χ1n) is 6.75. The molecule has 0 spiro atoms. The highest BCUT2D eigenvalue weighted by atomic mass is 15.0. The molecule has 3 rings (SSSR count). The Balaban J connectivity index is 1.85. The van der Waals surface area contributed by atoms with Crippen LogP contribution < -0.4 is 5.32 Å². The van der Waals surface area contributed by atoms with E-state index in [1.165, 1.54) is 36.8 Å². The highest BCUT2D eigenvalue weighted by molar-refractivity contribution is 5.37. The average molecular weight is 227 g/mol. The quantitative estimate of drug-likeness (QED) is 0.778. The Kier molecular flexibility index (Phi) is 2.79. The molecule has 0 radical (unpaired) electrons. The van der Waals surface area contributed by atoms with Gasteiger partial charge in [-0.2, -0.15) is 0 Å². The normalized spacial score (nSPS) is 21.9. The third-order valence-electron chi connectivity index (χ3n) is 4.21. The minimum Gasteiger partial charge on any atom is -0.313 e. The maximum Gasteiger partial charge on any atom is 0.0149 e. The third kappa shape index (κ3) is 2.16. The standard InChI is InChI=1S/C16H21N/c1-13-6-2-3-7-15(13)16(10-4-5-11-16)12-17-14-8-9-14/h2-7,14,17H,8-12H2,1H3. The molecule has 1 aromatic carbocycles. The van der Waals surface area contributed by atoms with Crippen LogP contribution in [0.2, 0.25) is 0 Å². The fourth-order valence-corrected chi connectivity index (χ4v) is 2.96. The molecule has 0 unspecified atom stereocenters. The number of hydrogen-bond acceptors (Lipinski definition) is 1. The van der Waals surface area contributed by atoms with Crippen LogP contribution in [-0.4, -0.2) is 12.6 Å². The van der Waals surface area contributed by atoms with Crippen molar-refractivity contribution < 1.29 is 0 Å². The van der Waals surface area contributed by atoms with Crippen molar-refractivity contribution >= 4 is 0 Å². The van der Waals surface area contributed by atoms with Gasteiger partial charge in [0.15, 0.2) is 0 Å². The molecule has 0 atom stereocenters. The molecule has 0 heterocycles.